The van der Waals surface area contributed by atoms with E-state index >= 15 is 0 Å². The van der Waals surface area contributed by atoms with E-state index in [2.05, 4.69) is 0 Å². The van der Waals surface area contributed by atoms with Crippen molar-refractivity contribution in [2.24, 2.45) is 5.41 Å². The zero-order valence-corrected chi connectivity index (χ0v) is 18.6. The highest BCUT2D eigenvalue weighted by molar-refractivity contribution is 7.12. The molecule has 2 aliphatic rings. The van der Waals surface area contributed by atoms with Crippen LogP contribution in [0.3, 0.4) is 0 Å². The van der Waals surface area contributed by atoms with Crippen LogP contribution < -0.4 is 5.32 Å². The van der Waals surface area contributed by atoms with E-state index in [4.69, 9.17) is 0 Å². The number of rotatable bonds is 4. The molecule has 2 amide bonds. The molecule has 1 aliphatic carbocycles. The molecule has 2 heterocycles. The number of carbonyl (C=O) groups is 3. The molecule has 1 aromatic heterocycles. The number of hydrogen-bond donors (Lipinski definition) is 1. The molecule has 2 aromatic rings. The Morgan fingerprint density at radius 3 is 2.36 bits per heavy atom. The molecule has 1 aliphatic heterocycles. The average Bonchev–Trinajstić information content (AvgIpc) is 3.31. The number of allylic oxidation sites excluding steroid dienone is 1. The lowest BCUT2D eigenvalue weighted by atomic mass is 9.72. The molecule has 1 aromatic carbocycles. The first-order valence-corrected chi connectivity index (χ1v) is 11.0. The molecule has 1 N–H and O–H groups in total. The predicted molar refractivity (Wildman–Crippen MR) is 113 cm³/mol. The van der Waals surface area contributed by atoms with Crippen molar-refractivity contribution < 1.29 is 31.9 Å². The van der Waals surface area contributed by atoms with Crippen LogP contribution in [0.2, 0.25) is 0 Å². The molecule has 0 spiro atoms. The van der Waals surface area contributed by atoms with Crippen molar-refractivity contribution in [3.8, 4) is 0 Å². The molecule has 0 bridgehead atoms. The summed E-state index contributed by atoms with van der Waals surface area (Å²) in [7, 11) is 0. The molecule has 0 fully saturated rings. The molecule has 1 atom stereocenters. The van der Waals surface area contributed by atoms with E-state index in [0.29, 0.717) is 5.56 Å². The van der Waals surface area contributed by atoms with Crippen LogP contribution in [-0.2, 0) is 16.1 Å². The Bertz CT molecular complexity index is 1150. The van der Waals surface area contributed by atoms with Gasteiger partial charge in [0.2, 0.25) is 5.54 Å². The molecule has 4 rings (SSSR count). The molecule has 0 radical (unpaired) electrons. The Kier molecular flexibility index (Phi) is 5.47. The number of thiophene rings is 1. The van der Waals surface area contributed by atoms with Crippen molar-refractivity contribution in [1.29, 1.82) is 0 Å². The summed E-state index contributed by atoms with van der Waals surface area (Å²) in [5.74, 6) is -3.91. The van der Waals surface area contributed by atoms with Gasteiger partial charge in [0.05, 0.1) is 17.0 Å². The summed E-state index contributed by atoms with van der Waals surface area (Å²) in [6.07, 6.45) is -5.43. The topological polar surface area (TPSA) is 66.5 Å². The fraction of sp³-hybridized carbons (Fsp3) is 0.348. The van der Waals surface area contributed by atoms with Gasteiger partial charge in [0.25, 0.3) is 11.8 Å². The maximum atomic E-state index is 14.7. The van der Waals surface area contributed by atoms with Crippen molar-refractivity contribution in [2.45, 2.75) is 44.9 Å². The lowest BCUT2D eigenvalue weighted by molar-refractivity contribution is -0.190. The van der Waals surface area contributed by atoms with Gasteiger partial charge < -0.3 is 10.2 Å². The molecule has 0 saturated carbocycles. The maximum absolute atomic E-state index is 14.7. The molecular weight excluding hydrogens is 460 g/mol. The van der Waals surface area contributed by atoms with Gasteiger partial charge in [0, 0.05) is 12.1 Å². The third-order valence-corrected chi connectivity index (χ3v) is 6.71. The summed E-state index contributed by atoms with van der Waals surface area (Å²) in [5.41, 5.74) is -4.58. The van der Waals surface area contributed by atoms with Crippen molar-refractivity contribution >= 4 is 28.9 Å². The van der Waals surface area contributed by atoms with E-state index in [0.717, 1.165) is 28.4 Å². The SMILES string of the molecule is CC1(C)CC(=O)C2=C(C1)N(Cc1ccc(F)cc1)C(=O)C2(NC(=O)c1cccs1)C(F)(F)F. The summed E-state index contributed by atoms with van der Waals surface area (Å²) in [4.78, 5) is 40.2. The maximum Gasteiger partial charge on any atom is 0.425 e. The first-order chi connectivity index (χ1) is 15.4. The molecule has 33 heavy (non-hydrogen) atoms. The summed E-state index contributed by atoms with van der Waals surface area (Å²) < 4.78 is 57.4. The van der Waals surface area contributed by atoms with Crippen LogP contribution in [0.25, 0.3) is 0 Å². The number of carbonyl (C=O) groups excluding carboxylic acids is 3. The van der Waals surface area contributed by atoms with Crippen LogP contribution >= 0.6 is 11.3 Å². The number of benzene rings is 1. The zero-order chi connectivity index (χ0) is 24.2. The van der Waals surface area contributed by atoms with Gasteiger partial charge in [-0.3, -0.25) is 14.4 Å². The Labute approximate surface area is 191 Å². The third-order valence-electron chi connectivity index (χ3n) is 5.84. The molecule has 10 heteroatoms. The highest BCUT2D eigenvalue weighted by Crippen LogP contribution is 2.52. The zero-order valence-electron chi connectivity index (χ0n) is 17.8. The second-order valence-electron chi connectivity index (χ2n) is 8.96. The summed E-state index contributed by atoms with van der Waals surface area (Å²) >= 11 is 0.919. The highest BCUT2D eigenvalue weighted by Gasteiger charge is 2.71. The van der Waals surface area contributed by atoms with Crippen LogP contribution in [0.15, 0.2) is 53.0 Å². The fourth-order valence-corrected chi connectivity index (χ4v) is 5.02. The molecule has 0 saturated heterocycles. The quantitative estimate of drug-likeness (QED) is 0.651. The minimum Gasteiger partial charge on any atom is -0.326 e. The van der Waals surface area contributed by atoms with Crippen LogP contribution in [0.1, 0.15) is 41.9 Å². The van der Waals surface area contributed by atoms with Crippen LogP contribution in [0, 0.1) is 11.2 Å². The van der Waals surface area contributed by atoms with Crippen molar-refractivity contribution in [3.63, 3.8) is 0 Å². The number of alkyl halides is 3. The standard InChI is InChI=1S/C23H20F4N2O3S/c1-21(2)10-15-18(16(30)11-21)22(23(25,26)27,28-19(31)17-4-3-9-33-17)20(32)29(15)12-13-5-7-14(24)8-6-13/h3-9H,10-12H2,1-2H3,(H,28,31). The van der Waals surface area contributed by atoms with Gasteiger partial charge >= 0.3 is 6.18 Å². The van der Waals surface area contributed by atoms with Gasteiger partial charge in [0.1, 0.15) is 5.82 Å². The van der Waals surface area contributed by atoms with Gasteiger partial charge in [-0.25, -0.2) is 4.39 Å². The lowest BCUT2D eigenvalue weighted by Gasteiger charge is -2.35. The third kappa shape index (κ3) is 3.86. The Balaban J connectivity index is 1.87. The van der Waals surface area contributed by atoms with Crippen molar-refractivity contribution in [2.75, 3.05) is 0 Å². The van der Waals surface area contributed by atoms with Crippen LogP contribution in [0.5, 0.6) is 0 Å². The number of halogens is 4. The van der Waals surface area contributed by atoms with Gasteiger partial charge in [0.15, 0.2) is 5.78 Å². The predicted octanol–water partition coefficient (Wildman–Crippen LogP) is 4.60. The largest absolute Gasteiger partial charge is 0.425 e. The Morgan fingerprint density at radius 2 is 1.79 bits per heavy atom. The molecule has 174 valence electrons. The van der Waals surface area contributed by atoms with E-state index < -0.39 is 46.1 Å². The second kappa shape index (κ2) is 7.79. The monoisotopic (exact) mass is 480 g/mol. The van der Waals surface area contributed by atoms with E-state index in [1.165, 1.54) is 29.6 Å². The van der Waals surface area contributed by atoms with Gasteiger partial charge in [-0.1, -0.05) is 32.0 Å². The van der Waals surface area contributed by atoms with E-state index in [-0.39, 0.29) is 30.0 Å². The second-order valence-corrected chi connectivity index (χ2v) is 9.91. The fourth-order valence-electron chi connectivity index (χ4n) is 4.41. The highest BCUT2D eigenvalue weighted by atomic mass is 32.1. The average molecular weight is 480 g/mol. The molecule has 5 nitrogen and oxygen atoms in total. The normalized spacial score (nSPS) is 22.5. The smallest absolute Gasteiger partial charge is 0.326 e. The van der Waals surface area contributed by atoms with Crippen molar-refractivity contribution in [3.05, 3.63) is 69.3 Å². The number of nitrogens with zero attached hydrogens (tertiary/aromatic N) is 1. The molecule has 1 unspecified atom stereocenters. The van der Waals surface area contributed by atoms with Gasteiger partial charge in [-0.2, -0.15) is 13.2 Å². The number of nitrogens with one attached hydrogen (secondary N) is 1. The number of ketones is 1. The Hall–Kier alpha value is -3.01. The summed E-state index contributed by atoms with van der Waals surface area (Å²) in [6.45, 7) is 3.16. The number of amides is 2. The molecular formula is C23H20F4N2O3S. The van der Waals surface area contributed by atoms with E-state index in [1.807, 2.05) is 5.32 Å². The minimum atomic E-state index is -5.27. The van der Waals surface area contributed by atoms with Gasteiger partial charge in [-0.05, 0) is 41.0 Å². The number of Topliss-reactive ketones (excluding diaryl/α,β-unsaturated/α-hetero) is 1. The Morgan fingerprint density at radius 1 is 1.12 bits per heavy atom. The summed E-state index contributed by atoms with van der Waals surface area (Å²) in [5, 5.41) is 3.40. The first-order valence-electron chi connectivity index (χ1n) is 10.1. The minimum absolute atomic E-state index is 0.0193. The van der Waals surface area contributed by atoms with E-state index in [1.54, 1.807) is 13.8 Å². The van der Waals surface area contributed by atoms with Crippen molar-refractivity contribution in [1.82, 2.24) is 10.2 Å². The van der Waals surface area contributed by atoms with Crippen LogP contribution in [-0.4, -0.2) is 34.2 Å². The number of hydrogen-bond acceptors (Lipinski definition) is 4. The summed E-state index contributed by atoms with van der Waals surface area (Å²) in [6, 6.07) is 7.82. The lowest BCUT2D eigenvalue weighted by Crippen LogP contribution is -2.66. The van der Waals surface area contributed by atoms with Gasteiger partial charge in [-0.15, -0.1) is 11.3 Å². The first kappa shape index (κ1) is 23.2. The van der Waals surface area contributed by atoms with E-state index in [9.17, 15) is 31.9 Å². The van der Waals surface area contributed by atoms with Crippen LogP contribution in [0.4, 0.5) is 17.6 Å².